The minimum atomic E-state index is -0.325. The van der Waals surface area contributed by atoms with Gasteiger partial charge in [-0.1, -0.05) is 0 Å². The zero-order valence-electron chi connectivity index (χ0n) is 8.09. The summed E-state index contributed by atoms with van der Waals surface area (Å²) in [5.41, 5.74) is 0.851. The van der Waals surface area contributed by atoms with Crippen LogP contribution >= 0.6 is 15.9 Å². The van der Waals surface area contributed by atoms with Crippen molar-refractivity contribution in [1.29, 1.82) is 0 Å². The van der Waals surface area contributed by atoms with Crippen molar-refractivity contribution in [2.24, 2.45) is 0 Å². The van der Waals surface area contributed by atoms with Crippen molar-refractivity contribution in [3.8, 4) is 0 Å². The summed E-state index contributed by atoms with van der Waals surface area (Å²) in [5, 5.41) is 2.63. The first-order valence-corrected chi connectivity index (χ1v) is 5.16. The Morgan fingerprint density at radius 1 is 1.44 bits per heavy atom. The quantitative estimate of drug-likeness (QED) is 0.805. The lowest BCUT2D eigenvalue weighted by Gasteiger charge is -2.05. The second kappa shape index (κ2) is 4.31. The Balaban J connectivity index is 2.22. The van der Waals surface area contributed by atoms with Crippen molar-refractivity contribution in [2.75, 3.05) is 11.2 Å². The maximum Gasteiger partial charge on any atom is 0.275 e. The zero-order valence-corrected chi connectivity index (χ0v) is 9.68. The first-order valence-electron chi connectivity index (χ1n) is 4.37. The van der Waals surface area contributed by atoms with E-state index in [-0.39, 0.29) is 5.91 Å². The summed E-state index contributed by atoms with van der Waals surface area (Å²) in [7, 11) is 0. The number of hydrogen-bond donors (Lipinski definition) is 2. The normalized spacial score (nSPS) is 10.1. The number of nitrogens with one attached hydrogen (secondary N) is 1. The minimum Gasteiger partial charge on any atom is -0.339 e. The van der Waals surface area contributed by atoms with E-state index in [1.54, 1.807) is 12.3 Å². The standard InChI is InChI=1S/C9H8BrN5O/c10-7-1-2-15(11)8(7)9(16)14-6-3-12-5-13-4-6/h1-5H,11H2,(H,14,16). The van der Waals surface area contributed by atoms with E-state index < -0.39 is 0 Å². The molecule has 1 amide bonds. The number of halogens is 1. The Morgan fingerprint density at radius 3 is 2.69 bits per heavy atom. The first kappa shape index (κ1) is 10.6. The number of anilines is 1. The monoisotopic (exact) mass is 281 g/mol. The molecular weight excluding hydrogens is 274 g/mol. The van der Waals surface area contributed by atoms with E-state index in [1.807, 2.05) is 0 Å². The lowest BCUT2D eigenvalue weighted by molar-refractivity contribution is 0.101. The third kappa shape index (κ3) is 2.03. The molecule has 2 aromatic rings. The molecule has 82 valence electrons. The molecule has 2 rings (SSSR count). The summed E-state index contributed by atoms with van der Waals surface area (Å²) in [4.78, 5) is 19.4. The molecule has 0 aromatic carbocycles. The van der Waals surface area contributed by atoms with Gasteiger partial charge in [0.2, 0.25) is 0 Å². The van der Waals surface area contributed by atoms with Gasteiger partial charge in [0.25, 0.3) is 5.91 Å². The van der Waals surface area contributed by atoms with Crippen LogP contribution in [0.4, 0.5) is 5.69 Å². The zero-order chi connectivity index (χ0) is 11.5. The van der Waals surface area contributed by atoms with Crippen molar-refractivity contribution >= 4 is 27.5 Å². The molecule has 0 fully saturated rings. The molecule has 7 heteroatoms. The fraction of sp³-hybridized carbons (Fsp3) is 0. The van der Waals surface area contributed by atoms with Gasteiger partial charge in [0.1, 0.15) is 12.0 Å². The smallest absolute Gasteiger partial charge is 0.275 e. The lowest BCUT2D eigenvalue weighted by atomic mass is 10.4. The second-order valence-electron chi connectivity index (χ2n) is 3.00. The Labute approximate surface area is 99.6 Å². The van der Waals surface area contributed by atoms with Crippen molar-refractivity contribution in [3.63, 3.8) is 0 Å². The first-order chi connectivity index (χ1) is 7.68. The van der Waals surface area contributed by atoms with Crippen LogP contribution in [0.5, 0.6) is 0 Å². The molecule has 0 aliphatic rings. The molecule has 6 nitrogen and oxygen atoms in total. The summed E-state index contributed by atoms with van der Waals surface area (Å²) in [6, 6.07) is 1.69. The molecule has 2 heterocycles. The molecule has 0 saturated heterocycles. The van der Waals surface area contributed by atoms with Crippen LogP contribution in [0, 0.1) is 0 Å². The molecule has 0 aliphatic heterocycles. The van der Waals surface area contributed by atoms with Gasteiger partial charge in [-0.15, -0.1) is 0 Å². The van der Waals surface area contributed by atoms with E-state index in [2.05, 4.69) is 31.2 Å². The Bertz CT molecular complexity index is 490. The fourth-order valence-electron chi connectivity index (χ4n) is 1.20. The maximum atomic E-state index is 11.8. The number of nitrogens with two attached hydrogens (primary N) is 1. The summed E-state index contributed by atoms with van der Waals surface area (Å²) >= 11 is 3.24. The molecule has 16 heavy (non-hydrogen) atoms. The summed E-state index contributed by atoms with van der Waals surface area (Å²) in [6.45, 7) is 0. The molecular formula is C9H8BrN5O. The van der Waals surface area contributed by atoms with Crippen molar-refractivity contribution < 1.29 is 4.79 Å². The average Bonchev–Trinajstić information content (AvgIpc) is 2.60. The molecule has 0 bridgehead atoms. The molecule has 0 atom stereocenters. The van der Waals surface area contributed by atoms with Crippen LogP contribution in [0.25, 0.3) is 0 Å². The number of hydrogen-bond acceptors (Lipinski definition) is 4. The molecule has 0 spiro atoms. The third-order valence-electron chi connectivity index (χ3n) is 1.90. The summed E-state index contributed by atoms with van der Waals surface area (Å²) in [6.07, 6.45) is 5.98. The highest BCUT2D eigenvalue weighted by atomic mass is 79.9. The summed E-state index contributed by atoms with van der Waals surface area (Å²) < 4.78 is 1.87. The highest BCUT2D eigenvalue weighted by Crippen LogP contribution is 2.17. The van der Waals surface area contributed by atoms with Crippen LogP contribution in [-0.2, 0) is 0 Å². The number of carbonyl (C=O) groups is 1. The lowest BCUT2D eigenvalue weighted by Crippen LogP contribution is -2.21. The predicted molar refractivity (Wildman–Crippen MR) is 62.3 cm³/mol. The van der Waals surface area contributed by atoms with Gasteiger partial charge in [0.15, 0.2) is 0 Å². The number of aromatic nitrogens is 3. The maximum absolute atomic E-state index is 11.8. The van der Waals surface area contributed by atoms with Gasteiger partial charge >= 0.3 is 0 Å². The number of amides is 1. The van der Waals surface area contributed by atoms with Gasteiger partial charge in [-0.2, -0.15) is 0 Å². The SMILES string of the molecule is Nn1ccc(Br)c1C(=O)Nc1cncnc1. The third-order valence-corrected chi connectivity index (χ3v) is 2.54. The Kier molecular flexibility index (Phi) is 2.86. The predicted octanol–water partition coefficient (Wildman–Crippen LogP) is 1.01. The van der Waals surface area contributed by atoms with Crippen LogP contribution in [0.15, 0.2) is 35.5 Å². The number of carbonyl (C=O) groups excluding carboxylic acids is 1. The van der Waals surface area contributed by atoms with E-state index >= 15 is 0 Å². The highest BCUT2D eigenvalue weighted by Gasteiger charge is 2.14. The summed E-state index contributed by atoms with van der Waals surface area (Å²) in [5.74, 6) is 5.27. The van der Waals surface area contributed by atoms with Gasteiger partial charge in [0, 0.05) is 6.20 Å². The molecule has 0 unspecified atom stereocenters. The molecule has 0 saturated carbocycles. The largest absolute Gasteiger partial charge is 0.339 e. The number of rotatable bonds is 2. The van der Waals surface area contributed by atoms with Gasteiger partial charge in [-0.3, -0.25) is 9.47 Å². The van der Waals surface area contributed by atoms with Crippen LogP contribution in [0.3, 0.4) is 0 Å². The van der Waals surface area contributed by atoms with Crippen LogP contribution in [0.1, 0.15) is 10.5 Å². The minimum absolute atomic E-state index is 0.325. The van der Waals surface area contributed by atoms with Crippen molar-refractivity contribution in [1.82, 2.24) is 14.6 Å². The molecule has 0 radical (unpaired) electrons. The molecule has 0 aliphatic carbocycles. The highest BCUT2D eigenvalue weighted by molar-refractivity contribution is 9.10. The van der Waals surface area contributed by atoms with E-state index in [1.165, 1.54) is 23.4 Å². The number of nitrogen functional groups attached to an aromatic ring is 1. The Morgan fingerprint density at radius 2 is 2.12 bits per heavy atom. The van der Waals surface area contributed by atoms with Crippen LogP contribution in [0.2, 0.25) is 0 Å². The topological polar surface area (TPSA) is 85.8 Å². The fourth-order valence-corrected chi connectivity index (χ4v) is 1.71. The van der Waals surface area contributed by atoms with E-state index in [0.717, 1.165) is 0 Å². The van der Waals surface area contributed by atoms with Crippen LogP contribution in [-0.4, -0.2) is 20.6 Å². The van der Waals surface area contributed by atoms with E-state index in [0.29, 0.717) is 15.9 Å². The Hall–Kier alpha value is -1.89. The van der Waals surface area contributed by atoms with Gasteiger partial charge in [-0.25, -0.2) is 9.97 Å². The van der Waals surface area contributed by atoms with E-state index in [9.17, 15) is 4.79 Å². The van der Waals surface area contributed by atoms with Crippen LogP contribution < -0.4 is 11.2 Å². The van der Waals surface area contributed by atoms with Gasteiger partial charge < -0.3 is 11.2 Å². The van der Waals surface area contributed by atoms with Gasteiger partial charge in [0.05, 0.1) is 22.6 Å². The molecule has 2 aromatic heterocycles. The van der Waals surface area contributed by atoms with Crippen molar-refractivity contribution in [3.05, 3.63) is 41.2 Å². The number of nitrogens with zero attached hydrogens (tertiary/aromatic N) is 3. The molecule has 3 N–H and O–H groups in total. The average molecular weight is 282 g/mol. The van der Waals surface area contributed by atoms with Gasteiger partial charge in [-0.05, 0) is 22.0 Å². The second-order valence-corrected chi connectivity index (χ2v) is 3.86. The van der Waals surface area contributed by atoms with E-state index in [4.69, 9.17) is 5.84 Å². The van der Waals surface area contributed by atoms with Crippen molar-refractivity contribution in [2.45, 2.75) is 0 Å².